The molecular weight excluding hydrogens is 266 g/mol. The maximum Gasteiger partial charge on any atom is 0.269 e. The monoisotopic (exact) mass is 274 g/mol. The predicted molar refractivity (Wildman–Crippen MR) is 68.0 cm³/mol. The standard InChI is InChI=1S/C13H9NO4S/c15-13(16)11-3-1-2-4-12(11)19-10-7-5-9(6-8-10)14(17)18/h1-8H,(H,15,16)/p-1. The van der Waals surface area contributed by atoms with Gasteiger partial charge in [-0.2, -0.15) is 0 Å². The SMILES string of the molecule is O=C([O-])c1ccccc1Sc1ccc([N+](=O)[O-])cc1. The van der Waals surface area contributed by atoms with Crippen molar-refractivity contribution in [2.45, 2.75) is 9.79 Å². The van der Waals surface area contributed by atoms with E-state index in [1.807, 2.05) is 0 Å². The van der Waals surface area contributed by atoms with Crippen molar-refractivity contribution < 1.29 is 14.8 Å². The number of carbonyl (C=O) groups is 1. The van der Waals surface area contributed by atoms with Gasteiger partial charge in [0.15, 0.2) is 0 Å². The summed E-state index contributed by atoms with van der Waals surface area (Å²) < 4.78 is 0. The third kappa shape index (κ3) is 3.11. The van der Waals surface area contributed by atoms with Gasteiger partial charge in [0.1, 0.15) is 0 Å². The van der Waals surface area contributed by atoms with Crippen LogP contribution < -0.4 is 5.11 Å². The number of hydrogen-bond acceptors (Lipinski definition) is 5. The lowest BCUT2D eigenvalue weighted by Gasteiger charge is -2.09. The highest BCUT2D eigenvalue weighted by Gasteiger charge is 2.07. The number of nitrogens with zero attached hydrogens (tertiary/aromatic N) is 1. The minimum atomic E-state index is -1.25. The largest absolute Gasteiger partial charge is 0.545 e. The first kappa shape index (κ1) is 13.1. The van der Waals surface area contributed by atoms with E-state index in [4.69, 9.17) is 0 Å². The van der Waals surface area contributed by atoms with Gasteiger partial charge in [-0.3, -0.25) is 10.1 Å². The van der Waals surface area contributed by atoms with Crippen molar-refractivity contribution in [3.05, 3.63) is 64.2 Å². The molecule has 0 bridgehead atoms. The maximum atomic E-state index is 10.9. The lowest BCUT2D eigenvalue weighted by Crippen LogP contribution is -2.22. The van der Waals surface area contributed by atoms with Crippen molar-refractivity contribution in [2.24, 2.45) is 0 Å². The number of rotatable bonds is 4. The maximum absolute atomic E-state index is 10.9. The molecule has 0 aliphatic carbocycles. The van der Waals surface area contributed by atoms with E-state index in [1.165, 1.54) is 30.0 Å². The summed E-state index contributed by atoms with van der Waals surface area (Å²) in [4.78, 5) is 22.2. The van der Waals surface area contributed by atoms with Crippen molar-refractivity contribution in [1.82, 2.24) is 0 Å². The predicted octanol–water partition coefficient (Wildman–Crippen LogP) is 2.11. The van der Waals surface area contributed by atoms with Gasteiger partial charge in [0.05, 0.1) is 10.9 Å². The second kappa shape index (κ2) is 5.53. The highest BCUT2D eigenvalue weighted by molar-refractivity contribution is 7.99. The molecule has 0 spiro atoms. The topological polar surface area (TPSA) is 83.3 Å². The van der Waals surface area contributed by atoms with E-state index >= 15 is 0 Å². The second-order valence-electron chi connectivity index (χ2n) is 3.64. The van der Waals surface area contributed by atoms with Crippen LogP contribution in [0.5, 0.6) is 0 Å². The van der Waals surface area contributed by atoms with Crippen molar-refractivity contribution in [2.75, 3.05) is 0 Å². The van der Waals surface area contributed by atoms with Gasteiger partial charge in [-0.1, -0.05) is 30.0 Å². The number of carboxylic acids is 1. The van der Waals surface area contributed by atoms with E-state index in [0.717, 1.165) is 4.90 Å². The lowest BCUT2D eigenvalue weighted by molar-refractivity contribution is -0.384. The molecule has 2 aromatic rings. The molecule has 0 aromatic heterocycles. The Morgan fingerprint density at radius 3 is 2.26 bits per heavy atom. The van der Waals surface area contributed by atoms with Crippen LogP contribution in [0.3, 0.4) is 0 Å². The first-order valence-electron chi connectivity index (χ1n) is 5.30. The molecule has 19 heavy (non-hydrogen) atoms. The molecule has 0 radical (unpaired) electrons. The quantitative estimate of drug-likeness (QED) is 0.629. The Balaban J connectivity index is 2.26. The highest BCUT2D eigenvalue weighted by atomic mass is 32.2. The van der Waals surface area contributed by atoms with Gasteiger partial charge in [0, 0.05) is 27.5 Å². The fourth-order valence-corrected chi connectivity index (χ4v) is 2.42. The smallest absolute Gasteiger partial charge is 0.269 e. The third-order valence-electron chi connectivity index (χ3n) is 2.38. The zero-order chi connectivity index (χ0) is 13.8. The van der Waals surface area contributed by atoms with Crippen molar-refractivity contribution >= 4 is 23.4 Å². The number of non-ortho nitro benzene ring substituents is 1. The van der Waals surface area contributed by atoms with Crippen LogP contribution in [-0.2, 0) is 0 Å². The molecule has 0 aliphatic heterocycles. The molecule has 0 unspecified atom stereocenters. The number of nitro groups is 1. The van der Waals surface area contributed by atoms with Crippen LogP contribution in [0.1, 0.15) is 10.4 Å². The Morgan fingerprint density at radius 1 is 1.05 bits per heavy atom. The van der Waals surface area contributed by atoms with E-state index in [0.29, 0.717) is 4.90 Å². The number of aromatic carboxylic acids is 1. The minimum Gasteiger partial charge on any atom is -0.545 e. The molecule has 2 aromatic carbocycles. The van der Waals surface area contributed by atoms with Crippen LogP contribution in [0.2, 0.25) is 0 Å². The van der Waals surface area contributed by atoms with E-state index in [9.17, 15) is 20.0 Å². The van der Waals surface area contributed by atoms with Crippen molar-refractivity contribution in [3.8, 4) is 0 Å². The van der Waals surface area contributed by atoms with E-state index in [-0.39, 0.29) is 11.3 Å². The van der Waals surface area contributed by atoms with Gasteiger partial charge in [-0.25, -0.2) is 0 Å². The van der Waals surface area contributed by atoms with Gasteiger partial charge in [-0.15, -0.1) is 0 Å². The first-order chi connectivity index (χ1) is 9.08. The van der Waals surface area contributed by atoms with Crippen LogP contribution in [-0.4, -0.2) is 10.9 Å². The molecule has 0 N–H and O–H groups in total. The molecule has 96 valence electrons. The number of hydrogen-bond donors (Lipinski definition) is 0. The van der Waals surface area contributed by atoms with Gasteiger partial charge in [0.25, 0.3) is 5.69 Å². The van der Waals surface area contributed by atoms with Crippen molar-refractivity contribution in [1.29, 1.82) is 0 Å². The zero-order valence-electron chi connectivity index (χ0n) is 9.61. The van der Waals surface area contributed by atoms with E-state index in [1.54, 1.807) is 30.3 Å². The Bertz CT molecular complexity index is 625. The fourth-order valence-electron chi connectivity index (χ4n) is 1.49. The molecule has 2 rings (SSSR count). The number of benzene rings is 2. The van der Waals surface area contributed by atoms with Gasteiger partial charge in [0.2, 0.25) is 0 Å². The van der Waals surface area contributed by atoms with Gasteiger partial charge in [-0.05, 0) is 18.2 Å². The van der Waals surface area contributed by atoms with Crippen LogP contribution in [0.4, 0.5) is 5.69 Å². The second-order valence-corrected chi connectivity index (χ2v) is 4.75. The molecule has 0 aliphatic rings. The minimum absolute atomic E-state index is 0.00228. The molecule has 6 heteroatoms. The normalized spacial score (nSPS) is 10.1. The summed E-state index contributed by atoms with van der Waals surface area (Å²) in [5, 5.41) is 21.5. The van der Waals surface area contributed by atoms with Crippen molar-refractivity contribution in [3.63, 3.8) is 0 Å². The van der Waals surface area contributed by atoms with Crippen LogP contribution in [0, 0.1) is 10.1 Å². The Kier molecular flexibility index (Phi) is 3.82. The average Bonchev–Trinajstić information content (AvgIpc) is 2.39. The van der Waals surface area contributed by atoms with E-state index in [2.05, 4.69) is 0 Å². The van der Waals surface area contributed by atoms with Gasteiger partial charge >= 0.3 is 0 Å². The van der Waals surface area contributed by atoms with Crippen LogP contribution in [0.25, 0.3) is 0 Å². The van der Waals surface area contributed by atoms with Crippen LogP contribution in [0.15, 0.2) is 58.3 Å². The number of carboxylic acid groups (broad SMARTS) is 1. The zero-order valence-corrected chi connectivity index (χ0v) is 10.4. The summed E-state index contributed by atoms with van der Waals surface area (Å²) in [6, 6.07) is 12.4. The summed E-state index contributed by atoms with van der Waals surface area (Å²) in [5.41, 5.74) is 0.100. The van der Waals surface area contributed by atoms with Gasteiger partial charge < -0.3 is 9.90 Å². The number of carbonyl (C=O) groups excluding carboxylic acids is 1. The summed E-state index contributed by atoms with van der Waals surface area (Å²) in [5.74, 6) is -1.25. The Morgan fingerprint density at radius 2 is 1.68 bits per heavy atom. The van der Waals surface area contributed by atoms with Crippen LogP contribution >= 0.6 is 11.8 Å². The molecular formula is C13H8NO4S-. The molecule has 0 fully saturated rings. The molecule has 0 atom stereocenters. The fraction of sp³-hybridized carbons (Fsp3) is 0. The average molecular weight is 274 g/mol. The number of nitro benzene ring substituents is 1. The molecule has 0 amide bonds. The Labute approximate surface area is 113 Å². The highest BCUT2D eigenvalue weighted by Crippen LogP contribution is 2.31. The van der Waals surface area contributed by atoms with E-state index < -0.39 is 10.9 Å². The molecule has 0 saturated carbocycles. The first-order valence-corrected chi connectivity index (χ1v) is 6.12. The summed E-state index contributed by atoms with van der Waals surface area (Å²) in [7, 11) is 0. The molecule has 5 nitrogen and oxygen atoms in total. The molecule has 0 heterocycles. The summed E-state index contributed by atoms with van der Waals surface area (Å²) >= 11 is 1.22. The third-order valence-corrected chi connectivity index (χ3v) is 3.47. The Hall–Kier alpha value is -2.34. The lowest BCUT2D eigenvalue weighted by atomic mass is 10.2. The summed E-state index contributed by atoms with van der Waals surface area (Å²) in [6.45, 7) is 0. The summed E-state index contributed by atoms with van der Waals surface area (Å²) in [6.07, 6.45) is 0. The molecule has 0 saturated heterocycles.